The van der Waals surface area contributed by atoms with Crippen LogP contribution in [0, 0.1) is 5.92 Å². The second kappa shape index (κ2) is 8.67. The number of thiazole rings is 1. The van der Waals surface area contributed by atoms with Crippen LogP contribution in [-0.2, 0) is 17.7 Å². The van der Waals surface area contributed by atoms with Gasteiger partial charge < -0.3 is 10.1 Å². The van der Waals surface area contributed by atoms with E-state index in [1.165, 1.54) is 10.6 Å². The van der Waals surface area contributed by atoms with E-state index in [1.807, 2.05) is 18.3 Å². The molecule has 1 aromatic heterocycles. The van der Waals surface area contributed by atoms with Gasteiger partial charge in [-0.05, 0) is 32.2 Å². The highest BCUT2D eigenvalue weighted by atomic mass is 32.1. The van der Waals surface area contributed by atoms with Crippen LogP contribution in [0.1, 0.15) is 62.7 Å². The van der Waals surface area contributed by atoms with Crippen LogP contribution >= 0.6 is 11.3 Å². The van der Waals surface area contributed by atoms with Crippen LogP contribution < -0.4 is 5.32 Å². The standard InChI is InChI=1S/C15H28N2OS/c1-6-12-14(10-16-9-11(4)5)19-15(17-12)13(7-2)18-8-3/h11,13,16H,6-10H2,1-5H3. The predicted molar refractivity (Wildman–Crippen MR) is 82.7 cm³/mol. The number of aryl methyl sites for hydroxylation is 1. The first-order valence-corrected chi connectivity index (χ1v) is 8.24. The molecule has 1 aromatic rings. The zero-order valence-corrected chi connectivity index (χ0v) is 13.8. The summed E-state index contributed by atoms with van der Waals surface area (Å²) >= 11 is 1.81. The smallest absolute Gasteiger partial charge is 0.122 e. The van der Waals surface area contributed by atoms with Gasteiger partial charge in [0.05, 0.1) is 5.69 Å². The highest BCUT2D eigenvalue weighted by molar-refractivity contribution is 7.11. The van der Waals surface area contributed by atoms with Crippen LogP contribution in [-0.4, -0.2) is 18.1 Å². The molecule has 0 saturated heterocycles. The summed E-state index contributed by atoms with van der Waals surface area (Å²) in [7, 11) is 0. The molecule has 0 bridgehead atoms. The highest BCUT2D eigenvalue weighted by Crippen LogP contribution is 2.28. The second-order valence-electron chi connectivity index (χ2n) is 5.15. The molecule has 1 atom stereocenters. The summed E-state index contributed by atoms with van der Waals surface area (Å²) in [6, 6.07) is 0. The summed E-state index contributed by atoms with van der Waals surface area (Å²) in [6.07, 6.45) is 2.15. The van der Waals surface area contributed by atoms with Gasteiger partial charge in [-0.25, -0.2) is 4.98 Å². The first-order chi connectivity index (χ1) is 9.12. The van der Waals surface area contributed by atoms with Crippen LogP contribution in [0.15, 0.2) is 0 Å². The third kappa shape index (κ3) is 5.21. The maximum atomic E-state index is 5.76. The van der Waals surface area contributed by atoms with Crippen molar-refractivity contribution < 1.29 is 4.74 Å². The Morgan fingerprint density at radius 2 is 2.00 bits per heavy atom. The summed E-state index contributed by atoms with van der Waals surface area (Å²) in [5.41, 5.74) is 1.23. The molecule has 1 heterocycles. The summed E-state index contributed by atoms with van der Waals surface area (Å²) in [6.45, 7) is 13.6. The van der Waals surface area contributed by atoms with E-state index in [1.54, 1.807) is 0 Å². The Labute approximate surface area is 121 Å². The SMILES string of the molecule is CCOC(CC)c1nc(CC)c(CNCC(C)C)s1. The van der Waals surface area contributed by atoms with Crippen LogP contribution in [0.3, 0.4) is 0 Å². The quantitative estimate of drug-likeness (QED) is 0.746. The molecular weight excluding hydrogens is 256 g/mol. The number of rotatable bonds is 9. The fourth-order valence-electron chi connectivity index (χ4n) is 1.99. The third-order valence-corrected chi connectivity index (χ3v) is 4.17. The number of nitrogens with zero attached hydrogens (tertiary/aromatic N) is 1. The molecule has 0 aliphatic rings. The molecule has 0 radical (unpaired) electrons. The van der Waals surface area contributed by atoms with E-state index in [-0.39, 0.29) is 6.10 Å². The van der Waals surface area contributed by atoms with Gasteiger partial charge in [-0.3, -0.25) is 0 Å². The van der Waals surface area contributed by atoms with E-state index in [0.717, 1.165) is 37.5 Å². The lowest BCUT2D eigenvalue weighted by atomic mass is 10.2. The average molecular weight is 284 g/mol. The molecule has 0 aliphatic carbocycles. The topological polar surface area (TPSA) is 34.1 Å². The molecule has 0 aromatic carbocycles. The van der Waals surface area contributed by atoms with Gasteiger partial charge in [0.15, 0.2) is 0 Å². The van der Waals surface area contributed by atoms with Crippen molar-refractivity contribution in [3.8, 4) is 0 Å². The molecule has 0 fully saturated rings. The molecule has 0 spiro atoms. The van der Waals surface area contributed by atoms with Gasteiger partial charge in [0.25, 0.3) is 0 Å². The number of aromatic nitrogens is 1. The van der Waals surface area contributed by atoms with Crippen LogP contribution in [0.4, 0.5) is 0 Å². The van der Waals surface area contributed by atoms with E-state index in [0.29, 0.717) is 5.92 Å². The minimum atomic E-state index is 0.166. The number of hydrogen-bond donors (Lipinski definition) is 1. The van der Waals surface area contributed by atoms with Gasteiger partial charge in [-0.2, -0.15) is 0 Å². The molecule has 0 saturated carbocycles. The molecule has 1 unspecified atom stereocenters. The van der Waals surface area contributed by atoms with E-state index >= 15 is 0 Å². The van der Waals surface area contributed by atoms with Crippen LogP contribution in [0.2, 0.25) is 0 Å². The lowest BCUT2D eigenvalue weighted by molar-refractivity contribution is 0.0595. The van der Waals surface area contributed by atoms with E-state index < -0.39 is 0 Å². The fraction of sp³-hybridized carbons (Fsp3) is 0.800. The highest BCUT2D eigenvalue weighted by Gasteiger charge is 2.17. The van der Waals surface area contributed by atoms with Crippen molar-refractivity contribution in [2.45, 2.75) is 60.1 Å². The minimum Gasteiger partial charge on any atom is -0.371 e. The van der Waals surface area contributed by atoms with Gasteiger partial charge in [-0.15, -0.1) is 11.3 Å². The molecule has 110 valence electrons. The largest absolute Gasteiger partial charge is 0.371 e. The molecule has 0 amide bonds. The third-order valence-electron chi connectivity index (χ3n) is 2.98. The summed E-state index contributed by atoms with van der Waals surface area (Å²) in [5.74, 6) is 0.685. The second-order valence-corrected chi connectivity index (χ2v) is 6.27. The molecular formula is C15H28N2OS. The van der Waals surface area contributed by atoms with Crippen molar-refractivity contribution in [2.24, 2.45) is 5.92 Å². The molecule has 0 aliphatic heterocycles. The van der Waals surface area contributed by atoms with Crippen LogP contribution in [0.5, 0.6) is 0 Å². The number of hydrogen-bond acceptors (Lipinski definition) is 4. The molecule has 1 N–H and O–H groups in total. The van der Waals surface area contributed by atoms with Gasteiger partial charge in [0.1, 0.15) is 11.1 Å². The van der Waals surface area contributed by atoms with Gasteiger partial charge in [0.2, 0.25) is 0 Å². The Bertz CT molecular complexity index is 363. The lowest BCUT2D eigenvalue weighted by Gasteiger charge is -2.11. The zero-order chi connectivity index (χ0) is 14.3. The van der Waals surface area contributed by atoms with Crippen molar-refractivity contribution >= 4 is 11.3 Å². The van der Waals surface area contributed by atoms with E-state index in [4.69, 9.17) is 9.72 Å². The van der Waals surface area contributed by atoms with E-state index in [2.05, 4.69) is 33.0 Å². The minimum absolute atomic E-state index is 0.166. The normalized spacial score (nSPS) is 13.2. The Morgan fingerprint density at radius 3 is 2.53 bits per heavy atom. The fourth-order valence-corrected chi connectivity index (χ4v) is 3.25. The Hall–Kier alpha value is -0.450. The molecule has 4 heteroatoms. The Kier molecular flexibility index (Phi) is 7.57. The van der Waals surface area contributed by atoms with Crippen LogP contribution in [0.25, 0.3) is 0 Å². The van der Waals surface area contributed by atoms with Crippen molar-refractivity contribution in [2.75, 3.05) is 13.2 Å². The van der Waals surface area contributed by atoms with Crippen molar-refractivity contribution in [3.63, 3.8) is 0 Å². The van der Waals surface area contributed by atoms with E-state index in [9.17, 15) is 0 Å². The first-order valence-electron chi connectivity index (χ1n) is 7.43. The average Bonchev–Trinajstić information content (AvgIpc) is 2.78. The van der Waals surface area contributed by atoms with Crippen molar-refractivity contribution in [1.29, 1.82) is 0 Å². The maximum Gasteiger partial charge on any atom is 0.122 e. The lowest BCUT2D eigenvalue weighted by Crippen LogP contribution is -2.18. The summed E-state index contributed by atoms with van der Waals surface area (Å²) in [5, 5.41) is 4.65. The Balaban J connectivity index is 2.72. The van der Waals surface area contributed by atoms with Gasteiger partial charge in [-0.1, -0.05) is 27.7 Å². The molecule has 3 nitrogen and oxygen atoms in total. The first kappa shape index (κ1) is 16.6. The predicted octanol–water partition coefficient (Wildman–Crippen LogP) is 3.94. The monoisotopic (exact) mass is 284 g/mol. The Morgan fingerprint density at radius 1 is 1.26 bits per heavy atom. The maximum absolute atomic E-state index is 5.76. The van der Waals surface area contributed by atoms with Crippen molar-refractivity contribution in [1.82, 2.24) is 10.3 Å². The van der Waals surface area contributed by atoms with Crippen molar-refractivity contribution in [3.05, 3.63) is 15.6 Å². The van der Waals surface area contributed by atoms with Gasteiger partial charge in [0, 0.05) is 18.0 Å². The number of nitrogens with one attached hydrogen (secondary N) is 1. The summed E-state index contributed by atoms with van der Waals surface area (Å²) in [4.78, 5) is 6.14. The number of ether oxygens (including phenoxy) is 1. The summed E-state index contributed by atoms with van der Waals surface area (Å²) < 4.78 is 5.76. The zero-order valence-electron chi connectivity index (χ0n) is 13.0. The van der Waals surface area contributed by atoms with Gasteiger partial charge >= 0.3 is 0 Å². The molecule has 1 rings (SSSR count). The molecule has 19 heavy (non-hydrogen) atoms.